The molecule has 0 aliphatic carbocycles. The third-order valence-electron chi connectivity index (χ3n) is 2.26. The summed E-state index contributed by atoms with van der Waals surface area (Å²) in [5, 5.41) is 17.5. The number of aliphatic carboxylic acids is 1. The van der Waals surface area contributed by atoms with E-state index in [1.54, 1.807) is 29.2 Å². The van der Waals surface area contributed by atoms with Gasteiger partial charge in [0.15, 0.2) is 0 Å². The SMILES string of the molecule is CC(C)N(CC(=O)O)c1ccc(C#N)cc1. The summed E-state index contributed by atoms with van der Waals surface area (Å²) >= 11 is 0. The van der Waals surface area contributed by atoms with Gasteiger partial charge in [-0.05, 0) is 38.1 Å². The van der Waals surface area contributed by atoms with Gasteiger partial charge in [0.2, 0.25) is 0 Å². The molecule has 0 radical (unpaired) electrons. The zero-order chi connectivity index (χ0) is 12.1. The summed E-state index contributed by atoms with van der Waals surface area (Å²) in [6.45, 7) is 3.83. The van der Waals surface area contributed by atoms with Crippen molar-refractivity contribution in [1.29, 1.82) is 5.26 Å². The number of hydrogen-bond acceptors (Lipinski definition) is 3. The van der Waals surface area contributed by atoms with Gasteiger partial charge in [-0.1, -0.05) is 0 Å². The highest BCUT2D eigenvalue weighted by Gasteiger charge is 2.13. The Hall–Kier alpha value is -2.02. The minimum atomic E-state index is -0.863. The predicted molar refractivity (Wildman–Crippen MR) is 61.3 cm³/mol. The Morgan fingerprint density at radius 2 is 2.00 bits per heavy atom. The quantitative estimate of drug-likeness (QED) is 0.837. The van der Waals surface area contributed by atoms with Crippen molar-refractivity contribution in [2.75, 3.05) is 11.4 Å². The molecule has 4 heteroatoms. The van der Waals surface area contributed by atoms with Gasteiger partial charge in [-0.2, -0.15) is 5.26 Å². The molecule has 0 aromatic heterocycles. The second-order valence-electron chi connectivity index (χ2n) is 3.77. The lowest BCUT2D eigenvalue weighted by Crippen LogP contribution is -2.35. The highest BCUT2D eigenvalue weighted by atomic mass is 16.4. The minimum Gasteiger partial charge on any atom is -0.480 e. The van der Waals surface area contributed by atoms with E-state index in [9.17, 15) is 4.79 Å². The Labute approximate surface area is 94.7 Å². The van der Waals surface area contributed by atoms with E-state index < -0.39 is 5.97 Å². The molecular formula is C12H14N2O2. The summed E-state index contributed by atoms with van der Waals surface area (Å²) in [4.78, 5) is 12.5. The van der Waals surface area contributed by atoms with Crippen LogP contribution in [0.4, 0.5) is 5.69 Å². The van der Waals surface area contributed by atoms with Crippen molar-refractivity contribution in [2.24, 2.45) is 0 Å². The van der Waals surface area contributed by atoms with Crippen LogP contribution in [0.25, 0.3) is 0 Å². The van der Waals surface area contributed by atoms with E-state index in [1.807, 2.05) is 19.9 Å². The minimum absolute atomic E-state index is 0.0381. The summed E-state index contributed by atoms with van der Waals surface area (Å²) < 4.78 is 0. The standard InChI is InChI=1S/C12H14N2O2/c1-9(2)14(8-12(15)16)11-5-3-10(7-13)4-6-11/h3-6,9H,8H2,1-2H3,(H,15,16). The van der Waals surface area contributed by atoms with Crippen LogP contribution in [0.3, 0.4) is 0 Å². The first-order valence-electron chi connectivity index (χ1n) is 5.03. The molecule has 0 atom stereocenters. The zero-order valence-corrected chi connectivity index (χ0v) is 9.34. The summed E-state index contributed by atoms with van der Waals surface area (Å²) in [7, 11) is 0. The van der Waals surface area contributed by atoms with Crippen LogP contribution in [-0.4, -0.2) is 23.7 Å². The molecule has 16 heavy (non-hydrogen) atoms. The number of carbonyl (C=O) groups is 1. The van der Waals surface area contributed by atoms with Crippen LogP contribution in [0.5, 0.6) is 0 Å². The van der Waals surface area contributed by atoms with E-state index in [1.165, 1.54) is 0 Å². The van der Waals surface area contributed by atoms with Crippen LogP contribution in [0, 0.1) is 11.3 Å². The third kappa shape index (κ3) is 2.99. The topological polar surface area (TPSA) is 64.3 Å². The first-order chi connectivity index (χ1) is 7.54. The van der Waals surface area contributed by atoms with Crippen molar-refractivity contribution < 1.29 is 9.90 Å². The van der Waals surface area contributed by atoms with Crippen LogP contribution >= 0.6 is 0 Å². The largest absolute Gasteiger partial charge is 0.480 e. The third-order valence-corrected chi connectivity index (χ3v) is 2.26. The molecular weight excluding hydrogens is 204 g/mol. The van der Waals surface area contributed by atoms with E-state index in [0.717, 1.165) is 5.69 Å². The molecule has 0 unspecified atom stereocenters. The van der Waals surface area contributed by atoms with Gasteiger partial charge in [-0.25, -0.2) is 0 Å². The number of nitrogens with zero attached hydrogens (tertiary/aromatic N) is 2. The summed E-state index contributed by atoms with van der Waals surface area (Å²) in [5.74, 6) is -0.863. The van der Waals surface area contributed by atoms with Gasteiger partial charge in [0.25, 0.3) is 0 Å². The molecule has 84 valence electrons. The number of nitriles is 1. The monoisotopic (exact) mass is 218 g/mol. The van der Waals surface area contributed by atoms with Gasteiger partial charge in [-0.3, -0.25) is 4.79 Å². The highest BCUT2D eigenvalue weighted by Crippen LogP contribution is 2.17. The highest BCUT2D eigenvalue weighted by molar-refractivity contribution is 5.74. The van der Waals surface area contributed by atoms with Crippen molar-refractivity contribution >= 4 is 11.7 Å². The van der Waals surface area contributed by atoms with Crippen LogP contribution in [0.2, 0.25) is 0 Å². The van der Waals surface area contributed by atoms with Gasteiger partial charge in [0.05, 0.1) is 11.6 Å². The van der Waals surface area contributed by atoms with Gasteiger partial charge in [-0.15, -0.1) is 0 Å². The number of hydrogen-bond donors (Lipinski definition) is 1. The van der Waals surface area contributed by atoms with E-state index in [4.69, 9.17) is 10.4 Å². The average Bonchev–Trinajstić information content (AvgIpc) is 2.25. The van der Waals surface area contributed by atoms with Crippen LogP contribution in [0.15, 0.2) is 24.3 Å². The van der Waals surface area contributed by atoms with E-state index in [-0.39, 0.29) is 12.6 Å². The van der Waals surface area contributed by atoms with Crippen molar-refractivity contribution in [3.05, 3.63) is 29.8 Å². The van der Waals surface area contributed by atoms with E-state index in [0.29, 0.717) is 5.56 Å². The lowest BCUT2D eigenvalue weighted by atomic mass is 10.2. The van der Waals surface area contributed by atoms with Crippen LogP contribution in [0.1, 0.15) is 19.4 Å². The smallest absolute Gasteiger partial charge is 0.323 e. The molecule has 1 aromatic rings. The molecule has 0 saturated carbocycles. The lowest BCUT2D eigenvalue weighted by Gasteiger charge is -2.27. The molecule has 0 saturated heterocycles. The van der Waals surface area contributed by atoms with Gasteiger partial charge >= 0.3 is 5.97 Å². The molecule has 0 spiro atoms. The number of carboxylic acid groups (broad SMARTS) is 1. The molecule has 4 nitrogen and oxygen atoms in total. The van der Waals surface area contributed by atoms with Crippen molar-refractivity contribution in [3.8, 4) is 6.07 Å². The van der Waals surface area contributed by atoms with Crippen molar-refractivity contribution in [2.45, 2.75) is 19.9 Å². The Morgan fingerprint density at radius 3 is 2.38 bits per heavy atom. The van der Waals surface area contributed by atoms with Gasteiger partial charge < -0.3 is 10.0 Å². The molecule has 1 aromatic carbocycles. The summed E-state index contributed by atoms with van der Waals surface area (Å²) in [5.41, 5.74) is 1.39. The van der Waals surface area contributed by atoms with Gasteiger partial charge in [0, 0.05) is 11.7 Å². The summed E-state index contributed by atoms with van der Waals surface area (Å²) in [6.07, 6.45) is 0. The first kappa shape index (κ1) is 12.1. The Kier molecular flexibility index (Phi) is 3.90. The second-order valence-corrected chi connectivity index (χ2v) is 3.77. The average molecular weight is 218 g/mol. The molecule has 1 N–H and O–H groups in total. The number of carboxylic acids is 1. The predicted octanol–water partition coefficient (Wildman–Crippen LogP) is 1.86. The van der Waals surface area contributed by atoms with Gasteiger partial charge in [0.1, 0.15) is 6.54 Å². The zero-order valence-electron chi connectivity index (χ0n) is 9.34. The fraction of sp³-hybridized carbons (Fsp3) is 0.333. The Morgan fingerprint density at radius 1 is 1.44 bits per heavy atom. The van der Waals surface area contributed by atoms with E-state index in [2.05, 4.69) is 0 Å². The maximum atomic E-state index is 10.7. The second kappa shape index (κ2) is 5.17. The Balaban J connectivity index is 2.93. The fourth-order valence-corrected chi connectivity index (χ4v) is 1.45. The summed E-state index contributed by atoms with van der Waals surface area (Å²) in [6, 6.07) is 9.03. The number of rotatable bonds is 4. The molecule has 0 heterocycles. The van der Waals surface area contributed by atoms with Crippen LogP contribution in [-0.2, 0) is 4.79 Å². The first-order valence-corrected chi connectivity index (χ1v) is 5.03. The number of anilines is 1. The lowest BCUT2D eigenvalue weighted by molar-refractivity contribution is -0.135. The fourth-order valence-electron chi connectivity index (χ4n) is 1.45. The molecule has 0 aliphatic rings. The van der Waals surface area contributed by atoms with Crippen molar-refractivity contribution in [3.63, 3.8) is 0 Å². The molecule has 0 bridgehead atoms. The normalized spacial score (nSPS) is 9.88. The molecule has 1 rings (SSSR count). The molecule has 0 aliphatic heterocycles. The number of benzene rings is 1. The van der Waals surface area contributed by atoms with Crippen LogP contribution < -0.4 is 4.90 Å². The molecule has 0 amide bonds. The van der Waals surface area contributed by atoms with E-state index >= 15 is 0 Å². The Bertz CT molecular complexity index is 404. The van der Waals surface area contributed by atoms with Crippen molar-refractivity contribution in [1.82, 2.24) is 0 Å². The maximum absolute atomic E-state index is 10.7. The molecule has 0 fully saturated rings. The maximum Gasteiger partial charge on any atom is 0.323 e.